The molecule has 1 fully saturated rings. The number of hydrogen-bond donors (Lipinski definition) is 1. The molecule has 1 unspecified atom stereocenters. The molecule has 1 aliphatic heterocycles. The van der Waals surface area contributed by atoms with Crippen molar-refractivity contribution in [2.45, 2.75) is 52.5 Å². The Morgan fingerprint density at radius 3 is 2.38 bits per heavy atom. The molecule has 0 radical (unpaired) electrons. The van der Waals surface area contributed by atoms with Gasteiger partial charge in [-0.05, 0) is 38.9 Å². The van der Waals surface area contributed by atoms with E-state index in [1.54, 1.807) is 0 Å². The summed E-state index contributed by atoms with van der Waals surface area (Å²) in [6.45, 7) is 13.2. The highest BCUT2D eigenvalue weighted by molar-refractivity contribution is 5.35. The van der Waals surface area contributed by atoms with Crippen molar-refractivity contribution in [3.8, 4) is 5.82 Å². The van der Waals surface area contributed by atoms with Crippen LogP contribution in [0, 0.1) is 13.8 Å². The normalized spacial score (nSPS) is 19.4. The predicted octanol–water partition coefficient (Wildman–Crippen LogP) is 3.12. The molecular formula is C17H26N4. The second-order valence-corrected chi connectivity index (χ2v) is 7.18. The molecule has 0 saturated carbocycles. The van der Waals surface area contributed by atoms with Crippen molar-refractivity contribution in [1.29, 1.82) is 0 Å². The predicted molar refractivity (Wildman–Crippen MR) is 86.3 cm³/mol. The first-order valence-corrected chi connectivity index (χ1v) is 7.84. The topological polar surface area (TPSA) is 34.8 Å². The van der Waals surface area contributed by atoms with Crippen molar-refractivity contribution in [2.24, 2.45) is 0 Å². The van der Waals surface area contributed by atoms with E-state index in [0.29, 0.717) is 6.04 Å². The van der Waals surface area contributed by atoms with E-state index in [-0.39, 0.29) is 5.41 Å². The summed E-state index contributed by atoms with van der Waals surface area (Å²) in [5.74, 6) is 1.05. The average molecular weight is 286 g/mol. The molecule has 3 rings (SSSR count). The number of aromatic nitrogens is 3. The van der Waals surface area contributed by atoms with Crippen LogP contribution in [-0.4, -0.2) is 27.4 Å². The molecule has 2 aromatic rings. The van der Waals surface area contributed by atoms with Crippen LogP contribution in [0.5, 0.6) is 0 Å². The van der Waals surface area contributed by atoms with Gasteiger partial charge in [0.25, 0.3) is 0 Å². The second-order valence-electron chi connectivity index (χ2n) is 7.18. The highest BCUT2D eigenvalue weighted by atomic mass is 15.4. The molecular weight excluding hydrogens is 260 g/mol. The van der Waals surface area contributed by atoms with Crippen LogP contribution >= 0.6 is 0 Å². The standard InChI is InChI=1S/C17H26N4/c1-12-6-7-13(2)20(12)16-10-15(17(3,4)5)21(19-16)14-8-9-18-11-14/h6-7,10,14,18H,8-9,11H2,1-5H3. The summed E-state index contributed by atoms with van der Waals surface area (Å²) < 4.78 is 4.50. The molecule has 114 valence electrons. The van der Waals surface area contributed by atoms with Gasteiger partial charge in [-0.25, -0.2) is 0 Å². The van der Waals surface area contributed by atoms with E-state index in [9.17, 15) is 0 Å². The Balaban J connectivity index is 2.12. The smallest absolute Gasteiger partial charge is 0.159 e. The third kappa shape index (κ3) is 2.53. The first-order chi connectivity index (χ1) is 9.88. The van der Waals surface area contributed by atoms with Gasteiger partial charge < -0.3 is 9.88 Å². The lowest BCUT2D eigenvalue weighted by molar-refractivity contribution is 0.423. The lowest BCUT2D eigenvalue weighted by Gasteiger charge is -2.23. The van der Waals surface area contributed by atoms with Crippen molar-refractivity contribution in [3.05, 3.63) is 35.3 Å². The molecule has 1 atom stereocenters. The Morgan fingerprint density at radius 2 is 1.86 bits per heavy atom. The zero-order valence-electron chi connectivity index (χ0n) is 13.8. The van der Waals surface area contributed by atoms with Crippen LogP contribution < -0.4 is 5.32 Å². The monoisotopic (exact) mass is 286 g/mol. The van der Waals surface area contributed by atoms with Gasteiger partial charge >= 0.3 is 0 Å². The lowest BCUT2D eigenvalue weighted by atomic mass is 9.91. The summed E-state index contributed by atoms with van der Waals surface area (Å²) in [5.41, 5.74) is 3.89. The molecule has 2 aromatic heterocycles. The number of aryl methyl sites for hydroxylation is 2. The van der Waals surface area contributed by atoms with E-state index in [0.717, 1.165) is 25.3 Å². The molecule has 21 heavy (non-hydrogen) atoms. The van der Waals surface area contributed by atoms with Crippen molar-refractivity contribution in [1.82, 2.24) is 19.7 Å². The summed E-state index contributed by atoms with van der Waals surface area (Å²) >= 11 is 0. The Bertz CT molecular complexity index is 617. The van der Waals surface area contributed by atoms with Gasteiger partial charge in [-0.2, -0.15) is 5.10 Å². The third-order valence-corrected chi connectivity index (χ3v) is 4.37. The zero-order valence-corrected chi connectivity index (χ0v) is 13.8. The minimum absolute atomic E-state index is 0.100. The quantitative estimate of drug-likeness (QED) is 0.920. The van der Waals surface area contributed by atoms with Gasteiger partial charge in [0, 0.05) is 35.1 Å². The number of nitrogens with zero attached hydrogens (tertiary/aromatic N) is 3. The maximum Gasteiger partial charge on any atom is 0.159 e. The molecule has 0 aliphatic carbocycles. The Kier molecular flexibility index (Phi) is 3.44. The molecule has 4 heteroatoms. The van der Waals surface area contributed by atoms with Gasteiger partial charge in [-0.15, -0.1) is 0 Å². The summed E-state index contributed by atoms with van der Waals surface area (Å²) in [6, 6.07) is 7.05. The molecule has 1 N–H and O–H groups in total. The first kappa shape index (κ1) is 14.4. The highest BCUT2D eigenvalue weighted by Gasteiger charge is 2.27. The highest BCUT2D eigenvalue weighted by Crippen LogP contribution is 2.29. The van der Waals surface area contributed by atoms with Crippen molar-refractivity contribution < 1.29 is 0 Å². The van der Waals surface area contributed by atoms with E-state index in [4.69, 9.17) is 5.10 Å². The van der Waals surface area contributed by atoms with Crippen LogP contribution in [0.3, 0.4) is 0 Å². The lowest BCUT2D eigenvalue weighted by Crippen LogP contribution is -2.23. The van der Waals surface area contributed by atoms with Gasteiger partial charge in [0.05, 0.1) is 6.04 Å². The third-order valence-electron chi connectivity index (χ3n) is 4.37. The Hall–Kier alpha value is -1.55. The van der Waals surface area contributed by atoms with E-state index in [2.05, 4.69) is 67.4 Å². The van der Waals surface area contributed by atoms with Crippen LogP contribution in [-0.2, 0) is 5.41 Å². The fourth-order valence-electron chi connectivity index (χ4n) is 3.21. The largest absolute Gasteiger partial charge is 0.315 e. The molecule has 1 aliphatic rings. The molecule has 1 saturated heterocycles. The van der Waals surface area contributed by atoms with Crippen molar-refractivity contribution in [3.63, 3.8) is 0 Å². The van der Waals surface area contributed by atoms with Crippen LogP contribution in [0.25, 0.3) is 5.82 Å². The molecule has 0 aromatic carbocycles. The van der Waals surface area contributed by atoms with Crippen LogP contribution in [0.1, 0.15) is 50.3 Å². The van der Waals surface area contributed by atoms with E-state index < -0.39 is 0 Å². The van der Waals surface area contributed by atoms with Gasteiger partial charge in [0.1, 0.15) is 0 Å². The molecule has 3 heterocycles. The maximum absolute atomic E-state index is 4.96. The average Bonchev–Trinajstić information content (AvgIpc) is 3.07. The summed E-state index contributed by atoms with van der Waals surface area (Å²) in [5, 5.41) is 8.41. The van der Waals surface area contributed by atoms with Crippen molar-refractivity contribution in [2.75, 3.05) is 13.1 Å². The van der Waals surface area contributed by atoms with Gasteiger partial charge in [-0.3, -0.25) is 4.68 Å². The molecule has 4 nitrogen and oxygen atoms in total. The second kappa shape index (κ2) is 5.02. The number of rotatable bonds is 2. The van der Waals surface area contributed by atoms with Gasteiger partial charge in [0.15, 0.2) is 5.82 Å². The molecule has 0 spiro atoms. The minimum Gasteiger partial charge on any atom is -0.315 e. The summed E-state index contributed by atoms with van der Waals surface area (Å²) in [7, 11) is 0. The van der Waals surface area contributed by atoms with Crippen LogP contribution in [0.2, 0.25) is 0 Å². The summed E-state index contributed by atoms with van der Waals surface area (Å²) in [6.07, 6.45) is 1.16. The van der Waals surface area contributed by atoms with E-state index in [1.807, 2.05) is 0 Å². The number of nitrogens with one attached hydrogen (secondary N) is 1. The fourth-order valence-corrected chi connectivity index (χ4v) is 3.21. The van der Waals surface area contributed by atoms with Crippen LogP contribution in [0.4, 0.5) is 0 Å². The van der Waals surface area contributed by atoms with Gasteiger partial charge in [0.2, 0.25) is 0 Å². The first-order valence-electron chi connectivity index (χ1n) is 7.84. The summed E-state index contributed by atoms with van der Waals surface area (Å²) in [4.78, 5) is 0. The Labute approximate surface area is 127 Å². The SMILES string of the molecule is Cc1ccc(C)n1-c1cc(C(C)(C)C)n(C2CCNC2)n1. The fraction of sp³-hybridized carbons (Fsp3) is 0.588. The van der Waals surface area contributed by atoms with Crippen LogP contribution in [0.15, 0.2) is 18.2 Å². The minimum atomic E-state index is 0.100. The molecule has 0 bridgehead atoms. The maximum atomic E-state index is 4.96. The van der Waals surface area contributed by atoms with E-state index >= 15 is 0 Å². The molecule has 0 amide bonds. The number of hydrogen-bond acceptors (Lipinski definition) is 2. The van der Waals surface area contributed by atoms with Gasteiger partial charge in [-0.1, -0.05) is 20.8 Å². The van der Waals surface area contributed by atoms with Crippen molar-refractivity contribution >= 4 is 0 Å². The zero-order chi connectivity index (χ0) is 15.2. The van der Waals surface area contributed by atoms with E-state index in [1.165, 1.54) is 17.1 Å². The Morgan fingerprint density at radius 1 is 1.19 bits per heavy atom.